The summed E-state index contributed by atoms with van der Waals surface area (Å²) in [7, 11) is 3.19. The number of nitrogens with zero attached hydrogens (tertiary/aromatic N) is 4. The normalized spacial score (nSPS) is 11.1. The third-order valence-corrected chi connectivity index (χ3v) is 4.22. The number of hydrogen-bond donors (Lipinski definition) is 1. The average Bonchev–Trinajstić information content (AvgIpc) is 3.04. The third-order valence-electron chi connectivity index (χ3n) is 4.22. The molecule has 0 spiro atoms. The number of rotatable bonds is 3. The molecule has 2 N–H and O–H groups in total. The molecule has 4 aromatic rings. The molecule has 0 aliphatic heterocycles. The van der Waals surface area contributed by atoms with E-state index < -0.39 is 11.6 Å². The van der Waals surface area contributed by atoms with Gasteiger partial charge in [0.2, 0.25) is 0 Å². The number of hydrogen-bond acceptors (Lipinski definition) is 5. The van der Waals surface area contributed by atoms with Crippen molar-refractivity contribution in [3.8, 4) is 22.6 Å². The maximum atomic E-state index is 14.1. The third kappa shape index (κ3) is 2.96. The van der Waals surface area contributed by atoms with Crippen molar-refractivity contribution < 1.29 is 13.5 Å². The van der Waals surface area contributed by atoms with Crippen molar-refractivity contribution in [2.24, 2.45) is 14.1 Å². The molecule has 0 fully saturated rings. The minimum Gasteiger partial charge on any atom is -0.454 e. The van der Waals surface area contributed by atoms with Crippen LogP contribution < -0.4 is 16.0 Å². The minimum absolute atomic E-state index is 0.146. The SMILES string of the molecule is Cn1nc2c(-c3cc(N)ccc3Oc3ccc(F)cc3F)cn(C)c(=O)c2n1. The lowest BCUT2D eigenvalue weighted by Crippen LogP contribution is -2.17. The minimum atomic E-state index is -0.840. The van der Waals surface area contributed by atoms with Crippen LogP contribution in [0.25, 0.3) is 22.2 Å². The van der Waals surface area contributed by atoms with E-state index in [4.69, 9.17) is 10.5 Å². The highest BCUT2D eigenvalue weighted by Crippen LogP contribution is 2.37. The van der Waals surface area contributed by atoms with Crippen LogP contribution in [0.4, 0.5) is 14.5 Å². The van der Waals surface area contributed by atoms with Crippen molar-refractivity contribution >= 4 is 16.7 Å². The van der Waals surface area contributed by atoms with Gasteiger partial charge in [0.25, 0.3) is 5.56 Å². The van der Waals surface area contributed by atoms with Gasteiger partial charge in [-0.1, -0.05) is 0 Å². The molecule has 0 saturated heterocycles. The number of nitrogen functional groups attached to an aromatic ring is 1. The summed E-state index contributed by atoms with van der Waals surface area (Å²) in [6.45, 7) is 0. The summed E-state index contributed by atoms with van der Waals surface area (Å²) < 4.78 is 34.3. The van der Waals surface area contributed by atoms with E-state index in [0.29, 0.717) is 22.3 Å². The van der Waals surface area contributed by atoms with E-state index in [2.05, 4.69) is 10.2 Å². The molecule has 0 radical (unpaired) electrons. The van der Waals surface area contributed by atoms with Crippen molar-refractivity contribution in [1.82, 2.24) is 19.6 Å². The van der Waals surface area contributed by atoms with Crippen LogP contribution in [-0.2, 0) is 14.1 Å². The smallest absolute Gasteiger partial charge is 0.280 e. The van der Waals surface area contributed by atoms with E-state index in [-0.39, 0.29) is 22.6 Å². The Labute approximate surface area is 157 Å². The Balaban J connectivity index is 1.94. The van der Waals surface area contributed by atoms with Gasteiger partial charge in [-0.2, -0.15) is 9.90 Å². The summed E-state index contributed by atoms with van der Waals surface area (Å²) in [6, 6.07) is 7.83. The topological polar surface area (TPSA) is 88.0 Å². The van der Waals surface area contributed by atoms with Crippen molar-refractivity contribution in [1.29, 1.82) is 0 Å². The highest BCUT2D eigenvalue weighted by Gasteiger charge is 2.18. The molecule has 28 heavy (non-hydrogen) atoms. The first kappa shape index (κ1) is 17.7. The molecular formula is C19H15F2N5O2. The first-order valence-corrected chi connectivity index (χ1v) is 8.27. The van der Waals surface area contributed by atoms with Crippen molar-refractivity contribution in [3.63, 3.8) is 0 Å². The van der Waals surface area contributed by atoms with E-state index in [9.17, 15) is 13.6 Å². The van der Waals surface area contributed by atoms with Crippen LogP contribution in [0, 0.1) is 11.6 Å². The predicted molar refractivity (Wildman–Crippen MR) is 100 cm³/mol. The number of aryl methyl sites for hydroxylation is 2. The summed E-state index contributed by atoms with van der Waals surface area (Å²) in [4.78, 5) is 13.6. The number of fused-ring (bicyclic) bond motifs is 1. The van der Waals surface area contributed by atoms with Crippen LogP contribution in [-0.4, -0.2) is 19.6 Å². The Morgan fingerprint density at radius 1 is 0.964 bits per heavy atom. The summed E-state index contributed by atoms with van der Waals surface area (Å²) in [5, 5.41) is 8.39. The zero-order chi connectivity index (χ0) is 20.0. The lowest BCUT2D eigenvalue weighted by molar-refractivity contribution is 0.439. The maximum Gasteiger partial charge on any atom is 0.280 e. The molecule has 0 atom stereocenters. The highest BCUT2D eigenvalue weighted by atomic mass is 19.1. The fraction of sp³-hybridized carbons (Fsp3) is 0.105. The Bertz CT molecular complexity index is 1280. The second-order valence-electron chi connectivity index (χ2n) is 6.28. The van der Waals surface area contributed by atoms with Gasteiger partial charge in [0.05, 0.1) is 0 Å². The Morgan fingerprint density at radius 3 is 2.43 bits per heavy atom. The molecule has 2 aromatic heterocycles. The number of anilines is 1. The van der Waals surface area contributed by atoms with Crippen LogP contribution in [0.1, 0.15) is 0 Å². The second-order valence-corrected chi connectivity index (χ2v) is 6.28. The van der Waals surface area contributed by atoms with Crippen molar-refractivity contribution in [2.75, 3.05) is 5.73 Å². The van der Waals surface area contributed by atoms with Gasteiger partial charge in [-0.3, -0.25) is 4.79 Å². The molecule has 0 bridgehead atoms. The predicted octanol–water partition coefficient (Wildman–Crippen LogP) is 2.99. The Kier molecular flexibility index (Phi) is 4.07. The van der Waals surface area contributed by atoms with Crippen LogP contribution in [0.15, 0.2) is 47.4 Å². The van der Waals surface area contributed by atoms with Crippen LogP contribution in [0.3, 0.4) is 0 Å². The number of nitrogens with two attached hydrogens (primary N) is 1. The zero-order valence-electron chi connectivity index (χ0n) is 15.0. The lowest BCUT2D eigenvalue weighted by Gasteiger charge is -2.14. The summed E-state index contributed by atoms with van der Waals surface area (Å²) in [5.41, 5.74) is 7.64. The molecule has 142 valence electrons. The van der Waals surface area contributed by atoms with E-state index in [1.165, 1.54) is 15.4 Å². The second kappa shape index (κ2) is 6.45. The molecule has 4 rings (SSSR count). The first-order chi connectivity index (χ1) is 13.3. The molecule has 0 unspecified atom stereocenters. The van der Waals surface area contributed by atoms with Gasteiger partial charge in [0.15, 0.2) is 17.1 Å². The van der Waals surface area contributed by atoms with Gasteiger partial charge in [0, 0.05) is 43.2 Å². The van der Waals surface area contributed by atoms with Crippen LogP contribution >= 0.6 is 0 Å². The molecule has 7 nitrogen and oxygen atoms in total. The summed E-state index contributed by atoms with van der Waals surface area (Å²) in [5.74, 6) is -1.42. The zero-order valence-corrected chi connectivity index (χ0v) is 15.0. The monoisotopic (exact) mass is 383 g/mol. The number of benzene rings is 2. The summed E-state index contributed by atoms with van der Waals surface area (Å²) in [6.07, 6.45) is 1.59. The van der Waals surface area contributed by atoms with E-state index in [1.54, 1.807) is 38.5 Å². The molecule has 0 aliphatic carbocycles. The van der Waals surface area contributed by atoms with Gasteiger partial charge in [0.1, 0.15) is 17.1 Å². The van der Waals surface area contributed by atoms with Gasteiger partial charge < -0.3 is 15.0 Å². The van der Waals surface area contributed by atoms with E-state index >= 15 is 0 Å². The van der Waals surface area contributed by atoms with Gasteiger partial charge in [-0.15, -0.1) is 5.10 Å². The van der Waals surface area contributed by atoms with Crippen molar-refractivity contribution in [2.45, 2.75) is 0 Å². The first-order valence-electron chi connectivity index (χ1n) is 8.27. The molecular weight excluding hydrogens is 368 g/mol. The maximum absolute atomic E-state index is 14.1. The average molecular weight is 383 g/mol. The molecule has 0 amide bonds. The van der Waals surface area contributed by atoms with Crippen LogP contribution in [0.2, 0.25) is 0 Å². The van der Waals surface area contributed by atoms with Crippen LogP contribution in [0.5, 0.6) is 11.5 Å². The van der Waals surface area contributed by atoms with E-state index in [0.717, 1.165) is 12.1 Å². The largest absolute Gasteiger partial charge is 0.454 e. The lowest BCUT2D eigenvalue weighted by atomic mass is 10.0. The molecule has 2 aromatic carbocycles. The Morgan fingerprint density at radius 2 is 1.68 bits per heavy atom. The number of pyridine rings is 1. The Hall–Kier alpha value is -3.75. The quantitative estimate of drug-likeness (QED) is 0.550. The van der Waals surface area contributed by atoms with Gasteiger partial charge >= 0.3 is 0 Å². The number of ether oxygens (including phenoxy) is 1. The van der Waals surface area contributed by atoms with Gasteiger partial charge in [-0.05, 0) is 30.3 Å². The molecule has 2 heterocycles. The fourth-order valence-electron chi connectivity index (χ4n) is 2.93. The fourth-order valence-corrected chi connectivity index (χ4v) is 2.93. The molecule has 0 aliphatic rings. The standard InChI is InChI=1S/C19H15F2N5O2/c1-25-9-13(17-18(19(25)27)24-26(2)23-17)12-8-11(22)4-6-15(12)28-16-5-3-10(20)7-14(16)21/h3-9H,22H2,1-2H3. The highest BCUT2D eigenvalue weighted by molar-refractivity contribution is 5.93. The van der Waals surface area contributed by atoms with Crippen molar-refractivity contribution in [3.05, 3.63) is 64.6 Å². The number of halogens is 2. The van der Waals surface area contributed by atoms with Gasteiger partial charge in [-0.25, -0.2) is 8.78 Å². The summed E-state index contributed by atoms with van der Waals surface area (Å²) >= 11 is 0. The van der Waals surface area contributed by atoms with E-state index in [1.807, 2.05) is 0 Å². The molecule has 0 saturated carbocycles. The number of aromatic nitrogens is 4. The molecule has 9 heteroatoms.